The normalized spacial score (nSPS) is 14.3. The number of hydrogen-bond acceptors (Lipinski definition) is 3. The third-order valence-electron chi connectivity index (χ3n) is 3.26. The fraction of sp³-hybridized carbons (Fsp3) is 0.533. The monoisotopic (exact) mass is 332 g/mol. The maximum Gasteiger partial charge on any atom is 0.237 e. The lowest BCUT2D eigenvalue weighted by Gasteiger charge is -2.27. The topological polar surface area (TPSA) is 52.6 Å². The lowest BCUT2D eigenvalue weighted by molar-refractivity contribution is -0.127. The zero-order valence-electron chi connectivity index (χ0n) is 12.7. The van der Waals surface area contributed by atoms with Gasteiger partial charge in [0.15, 0.2) is 0 Å². The SMILES string of the molecule is CC(C)C(C(=O)NCC(O)c1c(Cl)cccc1Cl)N(C)C. The molecule has 0 fully saturated rings. The number of nitrogens with one attached hydrogen (secondary N) is 1. The molecule has 0 aliphatic heterocycles. The van der Waals surface area contributed by atoms with Gasteiger partial charge in [-0.05, 0) is 32.1 Å². The van der Waals surface area contributed by atoms with Crippen LogP contribution in [0.2, 0.25) is 10.0 Å². The summed E-state index contributed by atoms with van der Waals surface area (Å²) in [6, 6.07) is 4.77. The smallest absolute Gasteiger partial charge is 0.237 e. The van der Waals surface area contributed by atoms with E-state index >= 15 is 0 Å². The van der Waals surface area contributed by atoms with Crippen molar-refractivity contribution >= 4 is 29.1 Å². The zero-order valence-corrected chi connectivity index (χ0v) is 14.2. The van der Waals surface area contributed by atoms with Crippen LogP contribution in [-0.2, 0) is 4.79 Å². The fourth-order valence-electron chi connectivity index (χ4n) is 2.37. The summed E-state index contributed by atoms with van der Waals surface area (Å²) in [5, 5.41) is 13.7. The van der Waals surface area contributed by atoms with E-state index in [1.165, 1.54) is 0 Å². The van der Waals surface area contributed by atoms with E-state index in [1.54, 1.807) is 18.2 Å². The van der Waals surface area contributed by atoms with Crippen LogP contribution in [0.1, 0.15) is 25.5 Å². The minimum Gasteiger partial charge on any atom is -0.386 e. The fourth-order valence-corrected chi connectivity index (χ4v) is 3.02. The molecule has 21 heavy (non-hydrogen) atoms. The van der Waals surface area contributed by atoms with Crippen molar-refractivity contribution in [3.05, 3.63) is 33.8 Å². The highest BCUT2D eigenvalue weighted by molar-refractivity contribution is 6.36. The zero-order chi connectivity index (χ0) is 16.2. The Morgan fingerprint density at radius 1 is 1.29 bits per heavy atom. The van der Waals surface area contributed by atoms with Crippen LogP contribution in [-0.4, -0.2) is 42.6 Å². The molecule has 1 rings (SSSR count). The number of halogens is 2. The molecule has 4 nitrogen and oxygen atoms in total. The van der Waals surface area contributed by atoms with Crippen molar-refractivity contribution in [3.63, 3.8) is 0 Å². The molecule has 1 aromatic carbocycles. The molecule has 6 heteroatoms. The van der Waals surface area contributed by atoms with Crippen LogP contribution < -0.4 is 5.32 Å². The molecule has 1 amide bonds. The summed E-state index contributed by atoms with van der Waals surface area (Å²) in [5.41, 5.74) is 0.437. The molecule has 118 valence electrons. The van der Waals surface area contributed by atoms with Gasteiger partial charge in [0.05, 0.1) is 12.1 Å². The number of carbonyl (C=O) groups excluding carboxylic acids is 1. The van der Waals surface area contributed by atoms with E-state index in [0.717, 1.165) is 0 Å². The molecule has 0 saturated heterocycles. The predicted molar refractivity (Wildman–Crippen MR) is 86.7 cm³/mol. The quantitative estimate of drug-likeness (QED) is 0.842. The largest absolute Gasteiger partial charge is 0.386 e. The lowest BCUT2D eigenvalue weighted by atomic mass is 10.0. The van der Waals surface area contributed by atoms with E-state index < -0.39 is 6.10 Å². The molecule has 0 heterocycles. The maximum absolute atomic E-state index is 12.2. The summed E-state index contributed by atoms with van der Waals surface area (Å²) in [6.45, 7) is 4.02. The Morgan fingerprint density at radius 2 is 1.81 bits per heavy atom. The summed E-state index contributed by atoms with van der Waals surface area (Å²) in [4.78, 5) is 14.1. The van der Waals surface area contributed by atoms with E-state index in [0.29, 0.717) is 15.6 Å². The van der Waals surface area contributed by atoms with Crippen LogP contribution in [0, 0.1) is 5.92 Å². The van der Waals surface area contributed by atoms with E-state index in [4.69, 9.17) is 23.2 Å². The van der Waals surface area contributed by atoms with E-state index in [2.05, 4.69) is 5.32 Å². The number of benzene rings is 1. The molecule has 0 aliphatic carbocycles. The molecule has 2 unspecified atom stereocenters. The third-order valence-corrected chi connectivity index (χ3v) is 3.92. The number of hydrogen-bond donors (Lipinski definition) is 2. The summed E-state index contributed by atoms with van der Waals surface area (Å²) >= 11 is 12.1. The van der Waals surface area contributed by atoms with Gasteiger partial charge in [-0.25, -0.2) is 0 Å². The molecule has 0 spiro atoms. The van der Waals surface area contributed by atoms with Gasteiger partial charge in [0, 0.05) is 22.2 Å². The number of rotatable bonds is 6. The Hall–Kier alpha value is -0.810. The first kappa shape index (κ1) is 18.2. The first-order chi connectivity index (χ1) is 9.75. The maximum atomic E-state index is 12.2. The van der Waals surface area contributed by atoms with Crippen molar-refractivity contribution < 1.29 is 9.90 Å². The second-order valence-electron chi connectivity index (χ2n) is 5.55. The molecule has 0 radical (unpaired) electrons. The first-order valence-corrected chi connectivity index (χ1v) is 7.57. The predicted octanol–water partition coefficient (Wildman–Crippen LogP) is 2.73. The second-order valence-corrected chi connectivity index (χ2v) is 6.36. The van der Waals surface area contributed by atoms with Gasteiger partial charge in [0.1, 0.15) is 0 Å². The molecule has 0 aromatic heterocycles. The number of carbonyl (C=O) groups is 1. The number of amides is 1. The van der Waals surface area contributed by atoms with Crippen molar-refractivity contribution in [1.29, 1.82) is 0 Å². The van der Waals surface area contributed by atoms with Crippen LogP contribution in [0.3, 0.4) is 0 Å². The Balaban J connectivity index is 2.72. The second kappa shape index (κ2) is 7.99. The molecular weight excluding hydrogens is 311 g/mol. The minimum absolute atomic E-state index is 0.0688. The van der Waals surface area contributed by atoms with Gasteiger partial charge in [-0.15, -0.1) is 0 Å². The summed E-state index contributed by atoms with van der Waals surface area (Å²) in [5.74, 6) is 0.0401. The molecule has 2 N–H and O–H groups in total. The number of nitrogens with zero attached hydrogens (tertiary/aromatic N) is 1. The van der Waals surface area contributed by atoms with Gasteiger partial charge in [-0.1, -0.05) is 43.1 Å². The van der Waals surface area contributed by atoms with Crippen LogP contribution in [0.4, 0.5) is 0 Å². The van der Waals surface area contributed by atoms with Crippen molar-refractivity contribution in [2.24, 2.45) is 5.92 Å². The number of likely N-dealkylation sites (N-methyl/N-ethyl adjacent to an activating group) is 1. The molecular formula is C15H22Cl2N2O2. The molecule has 1 aromatic rings. The Morgan fingerprint density at radius 3 is 2.24 bits per heavy atom. The Bertz CT molecular complexity index is 464. The van der Waals surface area contributed by atoms with Gasteiger partial charge in [0.2, 0.25) is 5.91 Å². The summed E-state index contributed by atoms with van der Waals surface area (Å²) in [6.07, 6.45) is -0.940. The first-order valence-electron chi connectivity index (χ1n) is 6.81. The van der Waals surface area contributed by atoms with Crippen LogP contribution in [0.5, 0.6) is 0 Å². The average Bonchev–Trinajstić information content (AvgIpc) is 2.35. The highest BCUT2D eigenvalue weighted by atomic mass is 35.5. The van der Waals surface area contributed by atoms with Crippen LogP contribution in [0.15, 0.2) is 18.2 Å². The molecule has 0 bridgehead atoms. The standard InChI is InChI=1S/C15H22Cl2N2O2/c1-9(2)14(19(3)4)15(21)18-8-12(20)13-10(16)6-5-7-11(13)17/h5-7,9,12,14,20H,8H2,1-4H3,(H,18,21). The van der Waals surface area contributed by atoms with Gasteiger partial charge in [-0.2, -0.15) is 0 Å². The molecule has 2 atom stereocenters. The van der Waals surface area contributed by atoms with Crippen molar-refractivity contribution in [2.75, 3.05) is 20.6 Å². The van der Waals surface area contributed by atoms with Crippen LogP contribution in [0.25, 0.3) is 0 Å². The van der Waals surface area contributed by atoms with Crippen LogP contribution >= 0.6 is 23.2 Å². The molecule has 0 saturated carbocycles. The Kier molecular flexibility index (Phi) is 6.94. The highest BCUT2D eigenvalue weighted by Crippen LogP contribution is 2.29. The van der Waals surface area contributed by atoms with E-state index in [1.807, 2.05) is 32.8 Å². The minimum atomic E-state index is -0.940. The third kappa shape index (κ3) is 4.85. The van der Waals surface area contributed by atoms with E-state index in [9.17, 15) is 9.90 Å². The number of aliphatic hydroxyl groups is 1. The molecule has 0 aliphatic rings. The van der Waals surface area contributed by atoms with Gasteiger partial charge < -0.3 is 10.4 Å². The van der Waals surface area contributed by atoms with Gasteiger partial charge >= 0.3 is 0 Å². The highest BCUT2D eigenvalue weighted by Gasteiger charge is 2.25. The van der Waals surface area contributed by atoms with Crippen molar-refractivity contribution in [1.82, 2.24) is 10.2 Å². The lowest BCUT2D eigenvalue weighted by Crippen LogP contribution is -2.47. The van der Waals surface area contributed by atoms with Crippen molar-refractivity contribution in [3.8, 4) is 0 Å². The average molecular weight is 333 g/mol. The van der Waals surface area contributed by atoms with Crippen molar-refractivity contribution in [2.45, 2.75) is 26.0 Å². The summed E-state index contributed by atoms with van der Waals surface area (Å²) in [7, 11) is 3.71. The van der Waals surface area contributed by atoms with Gasteiger partial charge in [0.25, 0.3) is 0 Å². The number of aliphatic hydroxyl groups excluding tert-OH is 1. The van der Waals surface area contributed by atoms with Gasteiger partial charge in [-0.3, -0.25) is 9.69 Å². The Labute approximate surface area is 136 Å². The van der Waals surface area contributed by atoms with E-state index in [-0.39, 0.29) is 24.4 Å². The summed E-state index contributed by atoms with van der Waals surface area (Å²) < 4.78 is 0.